The molecule has 0 bridgehead atoms. The first-order chi connectivity index (χ1) is 20.8. The number of anilines is 1. The second-order valence-electron chi connectivity index (χ2n) is 11.8. The first-order valence-electron chi connectivity index (χ1n) is 14.4. The van der Waals surface area contributed by atoms with Gasteiger partial charge in [-0.25, -0.2) is 8.42 Å². The number of hydrogen-bond donors (Lipinski definition) is 1. The molecule has 0 saturated heterocycles. The van der Waals surface area contributed by atoms with Gasteiger partial charge < -0.3 is 10.2 Å². The van der Waals surface area contributed by atoms with E-state index in [0.29, 0.717) is 5.02 Å². The molecule has 0 aliphatic rings. The smallest absolute Gasteiger partial charge is 0.264 e. The molecule has 4 aromatic rings. The summed E-state index contributed by atoms with van der Waals surface area (Å²) in [4.78, 5) is 29.9. The molecule has 0 saturated carbocycles. The lowest BCUT2D eigenvalue weighted by molar-refractivity contribution is -0.140. The predicted molar refractivity (Wildman–Crippen MR) is 176 cm³/mol. The Morgan fingerprint density at radius 2 is 1.43 bits per heavy atom. The molecular formula is C35H38ClN3O4S. The first kappa shape index (κ1) is 32.8. The summed E-state index contributed by atoms with van der Waals surface area (Å²) in [6, 6.07) is 30.6. The molecular weight excluding hydrogens is 594 g/mol. The zero-order valence-electron chi connectivity index (χ0n) is 25.4. The largest absolute Gasteiger partial charge is 0.350 e. The Kier molecular flexibility index (Phi) is 10.5. The average Bonchev–Trinajstić information content (AvgIpc) is 2.98. The Morgan fingerprint density at radius 3 is 2.02 bits per heavy atom. The van der Waals surface area contributed by atoms with Crippen molar-refractivity contribution in [3.63, 3.8) is 0 Å². The van der Waals surface area contributed by atoms with Gasteiger partial charge in [0.2, 0.25) is 11.8 Å². The van der Waals surface area contributed by atoms with Gasteiger partial charge in [-0.3, -0.25) is 13.9 Å². The molecule has 4 rings (SSSR count). The lowest BCUT2D eigenvalue weighted by Crippen LogP contribution is -2.56. The maximum absolute atomic E-state index is 14.5. The molecule has 9 heteroatoms. The van der Waals surface area contributed by atoms with Crippen molar-refractivity contribution in [3.8, 4) is 0 Å². The van der Waals surface area contributed by atoms with Crippen LogP contribution in [0.5, 0.6) is 0 Å². The average molecular weight is 632 g/mol. The highest BCUT2D eigenvalue weighted by atomic mass is 35.5. The zero-order valence-corrected chi connectivity index (χ0v) is 27.0. The van der Waals surface area contributed by atoms with Crippen molar-refractivity contribution < 1.29 is 18.0 Å². The Labute approximate surface area is 265 Å². The molecule has 230 valence electrons. The fraction of sp³-hybridized carbons (Fsp3) is 0.257. The topological polar surface area (TPSA) is 86.8 Å². The fourth-order valence-corrected chi connectivity index (χ4v) is 6.39. The fourth-order valence-electron chi connectivity index (χ4n) is 4.78. The van der Waals surface area contributed by atoms with Crippen molar-refractivity contribution in [1.82, 2.24) is 10.2 Å². The summed E-state index contributed by atoms with van der Waals surface area (Å²) in [5, 5.41) is 3.36. The third kappa shape index (κ3) is 8.71. The van der Waals surface area contributed by atoms with Crippen LogP contribution in [0.3, 0.4) is 0 Å². The standard InChI is InChI=1S/C35H38ClN3O4S/c1-26-18-20-28(21-19-26)24-38(32(34(41)37-35(2,3)4)22-27-12-7-5-8-13-27)33(40)25-39(30-15-11-14-29(36)23-30)44(42,43)31-16-9-6-10-17-31/h5-21,23,32H,22,24-25H2,1-4H3,(H,37,41). The summed E-state index contributed by atoms with van der Waals surface area (Å²) < 4.78 is 29.1. The third-order valence-corrected chi connectivity index (χ3v) is 8.97. The van der Waals surface area contributed by atoms with Gasteiger partial charge in [0.15, 0.2) is 0 Å². The van der Waals surface area contributed by atoms with E-state index in [4.69, 9.17) is 11.6 Å². The highest BCUT2D eigenvalue weighted by Gasteiger charge is 2.35. The number of nitrogens with zero attached hydrogens (tertiary/aromatic N) is 2. The summed E-state index contributed by atoms with van der Waals surface area (Å²) in [7, 11) is -4.18. The molecule has 2 amide bonds. The van der Waals surface area contributed by atoms with E-state index in [2.05, 4.69) is 5.32 Å². The molecule has 0 radical (unpaired) electrons. The van der Waals surface area contributed by atoms with Crippen molar-refractivity contribution in [2.45, 2.75) is 57.1 Å². The molecule has 0 aliphatic heterocycles. The number of nitrogens with one attached hydrogen (secondary N) is 1. The molecule has 0 heterocycles. The molecule has 1 unspecified atom stereocenters. The number of rotatable bonds is 11. The minimum absolute atomic E-state index is 0.0316. The van der Waals surface area contributed by atoms with Crippen LogP contribution in [0, 0.1) is 6.92 Å². The van der Waals surface area contributed by atoms with Crippen LogP contribution in [0.4, 0.5) is 5.69 Å². The van der Waals surface area contributed by atoms with Gasteiger partial charge in [0, 0.05) is 23.5 Å². The minimum atomic E-state index is -4.18. The Hall–Kier alpha value is -4.14. The predicted octanol–water partition coefficient (Wildman–Crippen LogP) is 6.40. The Balaban J connectivity index is 1.81. The summed E-state index contributed by atoms with van der Waals surface area (Å²) in [5.41, 5.74) is 2.41. The van der Waals surface area contributed by atoms with Crippen LogP contribution in [0.2, 0.25) is 5.02 Å². The van der Waals surface area contributed by atoms with Crippen molar-refractivity contribution in [2.75, 3.05) is 10.8 Å². The van der Waals surface area contributed by atoms with Crippen molar-refractivity contribution >= 4 is 39.1 Å². The highest BCUT2D eigenvalue weighted by molar-refractivity contribution is 7.92. The van der Waals surface area contributed by atoms with E-state index >= 15 is 0 Å². The Morgan fingerprint density at radius 1 is 0.818 bits per heavy atom. The molecule has 0 spiro atoms. The SMILES string of the molecule is Cc1ccc(CN(C(=O)CN(c2cccc(Cl)c2)S(=O)(=O)c2ccccc2)C(Cc2ccccc2)C(=O)NC(C)(C)C)cc1. The van der Waals surface area contributed by atoms with Crippen LogP contribution >= 0.6 is 11.6 Å². The van der Waals surface area contributed by atoms with Crippen LogP contribution < -0.4 is 9.62 Å². The van der Waals surface area contributed by atoms with E-state index in [1.807, 2.05) is 82.3 Å². The monoisotopic (exact) mass is 631 g/mol. The van der Waals surface area contributed by atoms with Gasteiger partial charge in [-0.1, -0.05) is 96.0 Å². The molecule has 0 fully saturated rings. The van der Waals surface area contributed by atoms with Gasteiger partial charge in [0.05, 0.1) is 10.6 Å². The number of aryl methyl sites for hydroxylation is 1. The molecule has 1 atom stereocenters. The number of carbonyl (C=O) groups excluding carboxylic acids is 2. The first-order valence-corrected chi connectivity index (χ1v) is 16.2. The van der Waals surface area contributed by atoms with Crippen LogP contribution in [-0.2, 0) is 32.6 Å². The van der Waals surface area contributed by atoms with Crippen LogP contribution in [0.15, 0.2) is 114 Å². The van der Waals surface area contributed by atoms with Crippen molar-refractivity contribution in [1.29, 1.82) is 0 Å². The molecule has 1 N–H and O–H groups in total. The summed E-state index contributed by atoms with van der Waals surface area (Å²) in [6.45, 7) is 7.16. The normalized spacial score (nSPS) is 12.3. The van der Waals surface area contributed by atoms with Crippen LogP contribution in [0.25, 0.3) is 0 Å². The second kappa shape index (κ2) is 14.1. The molecule has 4 aromatic carbocycles. The van der Waals surface area contributed by atoms with Gasteiger partial charge in [-0.2, -0.15) is 0 Å². The maximum Gasteiger partial charge on any atom is 0.264 e. The molecule has 0 aliphatic carbocycles. The summed E-state index contributed by atoms with van der Waals surface area (Å²) in [6.07, 6.45) is 0.239. The van der Waals surface area contributed by atoms with Gasteiger partial charge in [0.1, 0.15) is 12.6 Å². The third-order valence-electron chi connectivity index (χ3n) is 6.95. The van der Waals surface area contributed by atoms with E-state index in [-0.39, 0.29) is 29.5 Å². The summed E-state index contributed by atoms with van der Waals surface area (Å²) >= 11 is 6.28. The number of sulfonamides is 1. The van der Waals surface area contributed by atoms with E-state index in [1.54, 1.807) is 36.4 Å². The number of hydrogen-bond acceptors (Lipinski definition) is 4. The van der Waals surface area contributed by atoms with E-state index in [1.165, 1.54) is 23.1 Å². The van der Waals surface area contributed by atoms with Gasteiger partial charge in [0.25, 0.3) is 10.0 Å². The highest BCUT2D eigenvalue weighted by Crippen LogP contribution is 2.27. The molecule has 7 nitrogen and oxygen atoms in total. The van der Waals surface area contributed by atoms with Gasteiger partial charge in [-0.15, -0.1) is 0 Å². The van der Waals surface area contributed by atoms with Crippen LogP contribution in [0.1, 0.15) is 37.5 Å². The van der Waals surface area contributed by atoms with E-state index in [9.17, 15) is 18.0 Å². The van der Waals surface area contributed by atoms with Crippen LogP contribution in [-0.4, -0.2) is 43.3 Å². The Bertz CT molecular complexity index is 1670. The summed E-state index contributed by atoms with van der Waals surface area (Å²) in [5.74, 6) is -0.864. The van der Waals surface area contributed by atoms with Gasteiger partial charge >= 0.3 is 0 Å². The molecule has 44 heavy (non-hydrogen) atoms. The van der Waals surface area contributed by atoms with Crippen molar-refractivity contribution in [2.24, 2.45) is 0 Å². The number of amides is 2. The zero-order chi connectivity index (χ0) is 31.9. The van der Waals surface area contributed by atoms with E-state index < -0.39 is 34.1 Å². The lowest BCUT2D eigenvalue weighted by atomic mass is 10.0. The molecule has 0 aromatic heterocycles. The van der Waals surface area contributed by atoms with Gasteiger partial charge in [-0.05, 0) is 69.2 Å². The number of benzene rings is 4. The van der Waals surface area contributed by atoms with E-state index in [0.717, 1.165) is 21.0 Å². The maximum atomic E-state index is 14.5. The lowest BCUT2D eigenvalue weighted by Gasteiger charge is -2.35. The minimum Gasteiger partial charge on any atom is -0.350 e. The van der Waals surface area contributed by atoms with Crippen molar-refractivity contribution in [3.05, 3.63) is 131 Å². The number of halogens is 1. The quantitative estimate of drug-likeness (QED) is 0.208. The number of carbonyl (C=O) groups is 2. The second-order valence-corrected chi connectivity index (χ2v) is 14.1.